The quantitative estimate of drug-likeness (QED) is 0.292. The normalized spacial score (nSPS) is 13.0. The van der Waals surface area contributed by atoms with Gasteiger partial charge in [0, 0.05) is 53.0 Å². The van der Waals surface area contributed by atoms with Crippen LogP contribution in [0.3, 0.4) is 0 Å². The Labute approximate surface area is 219 Å². The summed E-state index contributed by atoms with van der Waals surface area (Å²) < 4.78 is 16.7. The van der Waals surface area contributed by atoms with E-state index in [9.17, 15) is 10.1 Å². The van der Waals surface area contributed by atoms with Crippen molar-refractivity contribution in [2.75, 3.05) is 40.7 Å². The van der Waals surface area contributed by atoms with E-state index in [0.29, 0.717) is 50.5 Å². The van der Waals surface area contributed by atoms with Gasteiger partial charge in [0.1, 0.15) is 16.8 Å². The Morgan fingerprint density at radius 3 is 2.42 bits per heavy atom. The van der Waals surface area contributed by atoms with Gasteiger partial charge in [0.05, 0.1) is 32.6 Å². The van der Waals surface area contributed by atoms with Gasteiger partial charge in [-0.2, -0.15) is 5.26 Å². The molecule has 2 aromatic carbocycles. The Bertz CT molecular complexity index is 1340. The molecule has 0 saturated carbocycles. The molecule has 0 fully saturated rings. The largest absolute Gasteiger partial charge is 0.496 e. The first-order chi connectivity index (χ1) is 17.4. The van der Waals surface area contributed by atoms with Gasteiger partial charge in [0.2, 0.25) is 0 Å². The Morgan fingerprint density at radius 2 is 1.78 bits per heavy atom. The van der Waals surface area contributed by atoms with E-state index in [1.54, 1.807) is 51.7 Å². The second kappa shape index (κ2) is 11.2. The summed E-state index contributed by atoms with van der Waals surface area (Å²) in [4.78, 5) is 19.9. The van der Waals surface area contributed by atoms with Gasteiger partial charge < -0.3 is 19.1 Å². The standard InChI is InChI=1S/C27H26ClN3O4S/c1-31-10-9-21-20(14-31)26(18-11-24(34-3)25(35-4)12-23(18)33-2)19(13-29)27(30-21)36-15-22(32)16-5-7-17(28)8-6-16/h5-8,11-12H,9-10,14-15H2,1-4H3. The molecule has 0 unspecified atom stereocenters. The summed E-state index contributed by atoms with van der Waals surface area (Å²) in [5.74, 6) is 1.69. The third kappa shape index (κ3) is 5.14. The molecule has 9 heteroatoms. The SMILES string of the molecule is COc1cc(OC)c(-c2c(C#N)c(SCC(=O)c3ccc(Cl)cc3)nc3c2CN(C)CC3)cc1OC. The molecule has 0 spiro atoms. The van der Waals surface area contributed by atoms with Crippen molar-refractivity contribution < 1.29 is 19.0 Å². The van der Waals surface area contributed by atoms with E-state index in [2.05, 4.69) is 11.0 Å². The lowest BCUT2D eigenvalue weighted by atomic mass is 9.91. The zero-order valence-electron chi connectivity index (χ0n) is 20.6. The van der Waals surface area contributed by atoms with Gasteiger partial charge in [-0.3, -0.25) is 4.79 Å². The number of aromatic nitrogens is 1. The molecule has 4 rings (SSSR count). The number of carbonyl (C=O) groups is 1. The molecular formula is C27H26ClN3O4S. The zero-order chi connectivity index (χ0) is 25.8. The van der Waals surface area contributed by atoms with Crippen molar-refractivity contribution in [3.05, 3.63) is 63.8 Å². The molecule has 0 amide bonds. The van der Waals surface area contributed by atoms with Gasteiger partial charge in [-0.25, -0.2) is 4.98 Å². The van der Waals surface area contributed by atoms with Crippen LogP contribution in [0.4, 0.5) is 0 Å². The van der Waals surface area contributed by atoms with E-state index in [-0.39, 0.29) is 11.5 Å². The molecule has 2 heterocycles. The zero-order valence-corrected chi connectivity index (χ0v) is 22.1. The van der Waals surface area contributed by atoms with Gasteiger partial charge in [-0.1, -0.05) is 23.4 Å². The average Bonchev–Trinajstić information content (AvgIpc) is 2.90. The second-order valence-corrected chi connectivity index (χ2v) is 9.72. The number of thioether (sulfide) groups is 1. The number of ether oxygens (including phenoxy) is 3. The van der Waals surface area contributed by atoms with E-state index < -0.39 is 0 Å². The summed E-state index contributed by atoms with van der Waals surface area (Å²) >= 11 is 7.22. The molecule has 0 N–H and O–H groups in total. The number of Topliss-reactive ketones (excluding diaryl/α,β-unsaturated/α-hetero) is 1. The number of benzene rings is 2. The summed E-state index contributed by atoms with van der Waals surface area (Å²) in [6.07, 6.45) is 0.735. The number of hydrogen-bond acceptors (Lipinski definition) is 8. The second-order valence-electron chi connectivity index (χ2n) is 8.32. The minimum Gasteiger partial charge on any atom is -0.496 e. The van der Waals surface area contributed by atoms with Gasteiger partial charge in [0.25, 0.3) is 0 Å². The summed E-state index contributed by atoms with van der Waals surface area (Å²) in [5.41, 5.74) is 4.31. The molecule has 186 valence electrons. The van der Waals surface area contributed by atoms with Crippen LogP contribution in [0.5, 0.6) is 17.2 Å². The summed E-state index contributed by atoms with van der Waals surface area (Å²) in [6.45, 7) is 1.49. The van der Waals surface area contributed by atoms with Crippen molar-refractivity contribution in [2.24, 2.45) is 0 Å². The fraction of sp³-hybridized carbons (Fsp3) is 0.296. The van der Waals surface area contributed by atoms with Crippen molar-refractivity contribution in [3.63, 3.8) is 0 Å². The van der Waals surface area contributed by atoms with Gasteiger partial charge >= 0.3 is 0 Å². The summed E-state index contributed by atoms with van der Waals surface area (Å²) in [6, 6.07) is 12.7. The van der Waals surface area contributed by atoms with Crippen LogP contribution in [0, 0.1) is 11.3 Å². The van der Waals surface area contributed by atoms with E-state index in [1.807, 2.05) is 13.1 Å². The van der Waals surface area contributed by atoms with E-state index in [0.717, 1.165) is 29.8 Å². The third-order valence-electron chi connectivity index (χ3n) is 6.10. The number of fused-ring (bicyclic) bond motifs is 1. The molecule has 0 saturated heterocycles. The topological polar surface area (TPSA) is 84.7 Å². The number of nitrogens with zero attached hydrogens (tertiary/aromatic N) is 3. The first-order valence-electron chi connectivity index (χ1n) is 11.3. The van der Waals surface area contributed by atoms with Crippen LogP contribution in [-0.4, -0.2) is 56.3 Å². The maximum absolute atomic E-state index is 12.8. The highest BCUT2D eigenvalue weighted by Crippen LogP contribution is 2.45. The number of likely N-dealkylation sites (N-methyl/N-ethyl adjacent to an activating group) is 1. The van der Waals surface area contributed by atoms with Crippen molar-refractivity contribution in [3.8, 4) is 34.4 Å². The van der Waals surface area contributed by atoms with Crippen molar-refractivity contribution in [2.45, 2.75) is 18.0 Å². The Kier molecular flexibility index (Phi) is 8.04. The van der Waals surface area contributed by atoms with Crippen LogP contribution >= 0.6 is 23.4 Å². The first kappa shape index (κ1) is 25.8. The van der Waals surface area contributed by atoms with Crippen LogP contribution in [0.15, 0.2) is 41.4 Å². The van der Waals surface area contributed by atoms with Gasteiger partial charge in [0.15, 0.2) is 17.3 Å². The minimum absolute atomic E-state index is 0.0648. The number of pyridine rings is 1. The molecule has 0 aliphatic carbocycles. The number of halogens is 1. The molecule has 7 nitrogen and oxygen atoms in total. The average molecular weight is 524 g/mol. The lowest BCUT2D eigenvalue weighted by Crippen LogP contribution is -2.28. The van der Waals surface area contributed by atoms with E-state index in [1.165, 1.54) is 11.8 Å². The number of rotatable bonds is 8. The predicted molar refractivity (Wildman–Crippen MR) is 141 cm³/mol. The van der Waals surface area contributed by atoms with Crippen LogP contribution in [0.2, 0.25) is 5.02 Å². The Balaban J connectivity index is 1.84. The molecule has 0 atom stereocenters. The van der Waals surface area contributed by atoms with Gasteiger partial charge in [-0.05, 0) is 42.9 Å². The number of methoxy groups -OCH3 is 3. The minimum atomic E-state index is -0.0648. The number of nitriles is 1. The first-order valence-corrected chi connectivity index (χ1v) is 12.6. The molecule has 36 heavy (non-hydrogen) atoms. The predicted octanol–water partition coefficient (Wildman–Crippen LogP) is 5.26. The Hall–Kier alpha value is -3.25. The maximum Gasteiger partial charge on any atom is 0.173 e. The maximum atomic E-state index is 12.8. The lowest BCUT2D eigenvalue weighted by Gasteiger charge is -2.28. The van der Waals surface area contributed by atoms with Crippen molar-refractivity contribution in [1.82, 2.24) is 9.88 Å². The fourth-order valence-electron chi connectivity index (χ4n) is 4.25. The van der Waals surface area contributed by atoms with Crippen LogP contribution in [-0.2, 0) is 13.0 Å². The van der Waals surface area contributed by atoms with E-state index in [4.69, 9.17) is 30.8 Å². The monoisotopic (exact) mass is 523 g/mol. The fourth-order valence-corrected chi connectivity index (χ4v) is 5.28. The molecule has 0 bridgehead atoms. The van der Waals surface area contributed by atoms with Gasteiger partial charge in [-0.15, -0.1) is 0 Å². The highest BCUT2D eigenvalue weighted by molar-refractivity contribution is 8.00. The molecule has 3 aromatic rings. The molecule has 1 aliphatic rings. The van der Waals surface area contributed by atoms with Crippen molar-refractivity contribution >= 4 is 29.1 Å². The molecule has 0 radical (unpaired) electrons. The summed E-state index contributed by atoms with van der Waals surface area (Å²) in [5, 5.41) is 11.4. The number of ketones is 1. The molecule has 1 aliphatic heterocycles. The van der Waals surface area contributed by atoms with Crippen LogP contribution < -0.4 is 14.2 Å². The smallest absolute Gasteiger partial charge is 0.173 e. The summed E-state index contributed by atoms with van der Waals surface area (Å²) in [7, 11) is 6.75. The molecular weight excluding hydrogens is 498 g/mol. The highest BCUT2D eigenvalue weighted by Gasteiger charge is 2.28. The number of carbonyl (C=O) groups excluding carboxylic acids is 1. The van der Waals surface area contributed by atoms with Crippen LogP contribution in [0.25, 0.3) is 11.1 Å². The highest BCUT2D eigenvalue weighted by atomic mass is 35.5. The van der Waals surface area contributed by atoms with Crippen LogP contribution in [0.1, 0.15) is 27.2 Å². The Morgan fingerprint density at radius 1 is 1.11 bits per heavy atom. The van der Waals surface area contributed by atoms with Crippen molar-refractivity contribution in [1.29, 1.82) is 5.26 Å². The number of hydrogen-bond donors (Lipinski definition) is 0. The van der Waals surface area contributed by atoms with E-state index >= 15 is 0 Å². The molecule has 1 aromatic heterocycles. The third-order valence-corrected chi connectivity index (χ3v) is 7.33. The lowest BCUT2D eigenvalue weighted by molar-refractivity contribution is 0.102.